The number of anilines is 1. The first kappa shape index (κ1) is 8.52. The molecule has 0 saturated carbocycles. The predicted molar refractivity (Wildman–Crippen MR) is 54.3 cm³/mol. The highest BCUT2D eigenvalue weighted by atomic mass is 32.2. The molecule has 0 spiro atoms. The van der Waals surface area contributed by atoms with Crippen LogP contribution in [0.4, 0.5) is 10.5 Å². The van der Waals surface area contributed by atoms with Crippen LogP contribution in [-0.4, -0.2) is 26.2 Å². The number of hydrogen-bond acceptors (Lipinski definition) is 4. The fourth-order valence-corrected chi connectivity index (χ4v) is 2.18. The van der Waals surface area contributed by atoms with E-state index < -0.39 is 0 Å². The Bertz CT molecular complexity index is 406. The summed E-state index contributed by atoms with van der Waals surface area (Å²) in [5.74, 6) is 0.471. The van der Waals surface area contributed by atoms with Gasteiger partial charge in [-0.15, -0.1) is 0 Å². The molecule has 0 radical (unpaired) electrons. The molecule has 5 nitrogen and oxygen atoms in total. The zero-order valence-corrected chi connectivity index (χ0v) is 8.00. The van der Waals surface area contributed by atoms with Gasteiger partial charge in [0.25, 0.3) is 10.8 Å². The van der Waals surface area contributed by atoms with E-state index in [1.165, 1.54) is 11.1 Å². The van der Waals surface area contributed by atoms with Crippen LogP contribution in [-0.2, 0) is 0 Å². The van der Waals surface area contributed by atoms with Gasteiger partial charge >= 0.3 is 0 Å². The van der Waals surface area contributed by atoms with Crippen LogP contribution in [0.25, 0.3) is 0 Å². The summed E-state index contributed by atoms with van der Waals surface area (Å²) in [6.07, 6.45) is 1.43. The molecule has 0 bridgehead atoms. The minimum Gasteiger partial charge on any atom is -0.303 e. The number of amides is 1. The van der Waals surface area contributed by atoms with Crippen molar-refractivity contribution in [3.05, 3.63) is 16.6 Å². The predicted octanol–water partition coefficient (Wildman–Crippen LogP) is 0.704. The quantitative estimate of drug-likeness (QED) is 0.677. The molecule has 2 N–H and O–H groups in total. The number of H-pyrrole nitrogens is 2. The fourth-order valence-electron chi connectivity index (χ4n) is 1.05. The first-order valence-electron chi connectivity index (χ1n) is 3.46. The summed E-state index contributed by atoms with van der Waals surface area (Å²) in [7, 11) is 0. The Labute approximate surface area is 82.5 Å². The summed E-state index contributed by atoms with van der Waals surface area (Å²) in [6.45, 7) is 0. The Morgan fingerprint density at radius 2 is 2.31 bits per heavy atom. The Balaban J connectivity index is 2.46. The molecule has 1 aromatic rings. The van der Waals surface area contributed by atoms with Gasteiger partial charge in [0.1, 0.15) is 10.7 Å². The molecule has 68 valence electrons. The maximum absolute atomic E-state index is 11.3. The van der Waals surface area contributed by atoms with Crippen LogP contribution in [0, 0.1) is 0 Å². The lowest BCUT2D eigenvalue weighted by atomic mass is 10.5. The molecule has 1 aliphatic heterocycles. The maximum atomic E-state index is 11.3. The summed E-state index contributed by atoms with van der Waals surface area (Å²) in [5, 5.41) is 4.66. The second-order valence-corrected chi connectivity index (χ2v) is 3.81. The molecule has 0 aliphatic carbocycles. The number of nitrogens with one attached hydrogen (secondary N) is 2. The molecule has 13 heavy (non-hydrogen) atoms. The number of thiocarbonyl (C=S) groups is 1. The van der Waals surface area contributed by atoms with E-state index in [9.17, 15) is 9.59 Å². The van der Waals surface area contributed by atoms with Gasteiger partial charge in [-0.05, 0) is 0 Å². The SMILES string of the molecule is O=C1SCC(=S)N1c1c[nH][nH]c1=O. The van der Waals surface area contributed by atoms with Crippen molar-refractivity contribution in [2.75, 3.05) is 10.7 Å². The molecule has 0 aromatic carbocycles. The Morgan fingerprint density at radius 1 is 1.54 bits per heavy atom. The van der Waals surface area contributed by atoms with Crippen molar-refractivity contribution in [1.82, 2.24) is 10.2 Å². The van der Waals surface area contributed by atoms with Gasteiger partial charge in [0.05, 0.1) is 5.75 Å². The van der Waals surface area contributed by atoms with Crippen LogP contribution in [0.5, 0.6) is 0 Å². The first-order valence-corrected chi connectivity index (χ1v) is 4.85. The van der Waals surface area contributed by atoms with E-state index in [0.717, 1.165) is 11.8 Å². The highest BCUT2D eigenvalue weighted by Crippen LogP contribution is 2.23. The lowest BCUT2D eigenvalue weighted by molar-refractivity contribution is 0.268. The van der Waals surface area contributed by atoms with Crippen LogP contribution in [0.15, 0.2) is 11.0 Å². The maximum Gasteiger partial charge on any atom is 0.291 e. The van der Waals surface area contributed by atoms with Crippen molar-refractivity contribution < 1.29 is 4.79 Å². The zero-order chi connectivity index (χ0) is 9.42. The lowest BCUT2D eigenvalue weighted by Crippen LogP contribution is -2.30. The second kappa shape index (κ2) is 3.00. The van der Waals surface area contributed by atoms with E-state index in [1.54, 1.807) is 0 Å². The molecule has 0 atom stereocenters. The van der Waals surface area contributed by atoms with Crippen molar-refractivity contribution in [3.8, 4) is 0 Å². The standard InChI is InChI=1S/C6H5N3O2S2/c10-5-3(1-7-8-5)9-4(12)2-13-6(9)11/h1H,2H2,(H2,7,8,10). The highest BCUT2D eigenvalue weighted by Gasteiger charge is 2.30. The van der Waals surface area contributed by atoms with Crippen LogP contribution in [0.3, 0.4) is 0 Å². The number of rotatable bonds is 1. The second-order valence-electron chi connectivity index (χ2n) is 2.41. The first-order chi connectivity index (χ1) is 6.20. The monoisotopic (exact) mass is 215 g/mol. The molecule has 1 amide bonds. The average Bonchev–Trinajstić information content (AvgIpc) is 2.60. The average molecular weight is 215 g/mol. The van der Waals surface area contributed by atoms with Gasteiger partial charge in [-0.25, -0.2) is 0 Å². The number of carbonyl (C=O) groups excluding carboxylic acids is 1. The van der Waals surface area contributed by atoms with Crippen molar-refractivity contribution in [3.63, 3.8) is 0 Å². The van der Waals surface area contributed by atoms with Gasteiger partial charge in [0.2, 0.25) is 0 Å². The topological polar surface area (TPSA) is 69.0 Å². The molecular weight excluding hydrogens is 210 g/mol. The van der Waals surface area contributed by atoms with Crippen molar-refractivity contribution in [2.45, 2.75) is 0 Å². The van der Waals surface area contributed by atoms with Gasteiger partial charge < -0.3 is 5.10 Å². The highest BCUT2D eigenvalue weighted by molar-refractivity contribution is 8.16. The minimum atomic E-state index is -0.335. The molecule has 1 saturated heterocycles. The Morgan fingerprint density at radius 3 is 2.77 bits per heavy atom. The largest absolute Gasteiger partial charge is 0.303 e. The van der Waals surface area contributed by atoms with E-state index in [-0.39, 0.29) is 16.5 Å². The number of hydrogen-bond donors (Lipinski definition) is 2. The van der Waals surface area contributed by atoms with E-state index >= 15 is 0 Å². The van der Waals surface area contributed by atoms with Crippen molar-refractivity contribution in [2.24, 2.45) is 0 Å². The van der Waals surface area contributed by atoms with E-state index in [0.29, 0.717) is 10.7 Å². The van der Waals surface area contributed by atoms with Gasteiger partial charge in [-0.2, -0.15) is 0 Å². The molecule has 1 aromatic heterocycles. The molecule has 1 aliphatic rings. The zero-order valence-electron chi connectivity index (χ0n) is 6.36. The smallest absolute Gasteiger partial charge is 0.291 e. The molecule has 1 fully saturated rings. The number of thioether (sulfide) groups is 1. The third-order valence-electron chi connectivity index (χ3n) is 1.62. The van der Waals surface area contributed by atoms with E-state index in [2.05, 4.69) is 10.2 Å². The number of nitrogens with zero attached hydrogens (tertiary/aromatic N) is 1. The summed E-state index contributed by atoms with van der Waals surface area (Å²) in [6, 6.07) is 0. The number of aromatic nitrogens is 2. The minimum absolute atomic E-state index is 0.199. The van der Waals surface area contributed by atoms with E-state index in [1.807, 2.05) is 0 Å². The van der Waals surface area contributed by atoms with Gasteiger partial charge in [0, 0.05) is 6.20 Å². The number of aromatic amines is 2. The van der Waals surface area contributed by atoms with Gasteiger partial charge in [-0.3, -0.25) is 19.6 Å². The van der Waals surface area contributed by atoms with Crippen LogP contribution >= 0.6 is 24.0 Å². The van der Waals surface area contributed by atoms with Crippen LogP contribution in [0.1, 0.15) is 0 Å². The lowest BCUT2D eigenvalue weighted by Gasteiger charge is -2.09. The van der Waals surface area contributed by atoms with Crippen molar-refractivity contribution in [1.29, 1.82) is 0 Å². The molecular formula is C6H5N3O2S2. The third-order valence-corrected chi connectivity index (χ3v) is 2.98. The number of carbonyl (C=O) groups is 1. The van der Waals surface area contributed by atoms with Crippen LogP contribution in [0.2, 0.25) is 0 Å². The summed E-state index contributed by atoms with van der Waals surface area (Å²) >= 11 is 6.04. The van der Waals surface area contributed by atoms with Gasteiger partial charge in [-0.1, -0.05) is 24.0 Å². The summed E-state index contributed by atoms with van der Waals surface area (Å²) < 4.78 is 0. The van der Waals surface area contributed by atoms with Crippen molar-refractivity contribution >= 4 is 39.9 Å². The van der Waals surface area contributed by atoms with Gasteiger partial charge in [0.15, 0.2) is 0 Å². The molecule has 0 unspecified atom stereocenters. The molecule has 2 rings (SSSR count). The molecule has 7 heteroatoms. The fraction of sp³-hybridized carbons (Fsp3) is 0.167. The van der Waals surface area contributed by atoms with Crippen LogP contribution < -0.4 is 10.5 Å². The summed E-state index contributed by atoms with van der Waals surface area (Å²) in [5.41, 5.74) is -0.0711. The third kappa shape index (κ3) is 1.29. The normalized spacial score (nSPS) is 17.1. The molecule has 2 heterocycles. The van der Waals surface area contributed by atoms with E-state index in [4.69, 9.17) is 12.2 Å². The Hall–Kier alpha value is -1.08. The Kier molecular flexibility index (Phi) is 1.97. The summed E-state index contributed by atoms with van der Waals surface area (Å²) in [4.78, 5) is 24.1.